The van der Waals surface area contributed by atoms with Gasteiger partial charge in [0.05, 0.1) is 6.54 Å². The molecular weight excluding hydrogens is 316 g/mol. The number of amides is 2. The molecule has 0 aliphatic carbocycles. The minimum absolute atomic E-state index is 0.186. The predicted octanol–water partition coefficient (Wildman–Crippen LogP) is 3.05. The van der Waals surface area contributed by atoms with E-state index in [-0.39, 0.29) is 12.6 Å². The first-order valence-corrected chi connectivity index (χ1v) is 8.90. The number of hydrogen-bond acceptors (Lipinski definition) is 4. The van der Waals surface area contributed by atoms with Crippen LogP contribution in [0.15, 0.2) is 52.7 Å². The summed E-state index contributed by atoms with van der Waals surface area (Å²) in [4.78, 5) is 13.8. The van der Waals surface area contributed by atoms with Gasteiger partial charge in [0.25, 0.3) is 0 Å². The molecule has 1 unspecified atom stereocenters. The van der Waals surface area contributed by atoms with Crippen molar-refractivity contribution >= 4 is 29.1 Å². The molecule has 0 aliphatic heterocycles. The van der Waals surface area contributed by atoms with Gasteiger partial charge in [-0.3, -0.25) is 0 Å². The summed E-state index contributed by atoms with van der Waals surface area (Å²) < 4.78 is 0. The number of thiophene rings is 1. The van der Waals surface area contributed by atoms with Gasteiger partial charge in [-0.15, -0.1) is 23.1 Å². The van der Waals surface area contributed by atoms with Crippen molar-refractivity contribution in [2.24, 2.45) is 0 Å². The summed E-state index contributed by atoms with van der Waals surface area (Å²) in [7, 11) is 0. The molecule has 1 aromatic heterocycles. The minimum Gasteiger partial charge on any atom is -0.383 e. The van der Waals surface area contributed by atoms with E-state index >= 15 is 0 Å². The van der Waals surface area contributed by atoms with Crippen LogP contribution in [0.2, 0.25) is 0 Å². The number of carbonyl (C=O) groups is 1. The highest BCUT2D eigenvalue weighted by atomic mass is 32.2. The zero-order valence-corrected chi connectivity index (χ0v) is 14.0. The van der Waals surface area contributed by atoms with Crippen molar-refractivity contribution in [3.63, 3.8) is 0 Å². The lowest BCUT2D eigenvalue weighted by Crippen LogP contribution is -2.43. The zero-order chi connectivity index (χ0) is 15.8. The molecule has 2 rings (SSSR count). The third kappa shape index (κ3) is 5.36. The third-order valence-corrected chi connectivity index (χ3v) is 5.18. The highest BCUT2D eigenvalue weighted by Gasteiger charge is 2.24. The summed E-state index contributed by atoms with van der Waals surface area (Å²) in [6, 6.07) is 13.5. The highest BCUT2D eigenvalue weighted by Crippen LogP contribution is 2.24. The summed E-state index contributed by atoms with van der Waals surface area (Å²) in [5.74, 6) is 0.804. The topological polar surface area (TPSA) is 61.4 Å². The first-order valence-electron chi connectivity index (χ1n) is 7.04. The molecule has 3 N–H and O–H groups in total. The maximum atomic E-state index is 11.7. The van der Waals surface area contributed by atoms with Crippen molar-refractivity contribution in [2.45, 2.75) is 17.4 Å². The van der Waals surface area contributed by atoms with Gasteiger partial charge in [0.1, 0.15) is 5.60 Å². The van der Waals surface area contributed by atoms with Gasteiger partial charge >= 0.3 is 6.03 Å². The van der Waals surface area contributed by atoms with Crippen LogP contribution < -0.4 is 10.6 Å². The predicted molar refractivity (Wildman–Crippen MR) is 92.5 cm³/mol. The lowest BCUT2D eigenvalue weighted by atomic mass is 10.1. The van der Waals surface area contributed by atoms with Crippen LogP contribution in [0.5, 0.6) is 0 Å². The molecular formula is C16H20N2O2S2. The second-order valence-electron chi connectivity index (χ2n) is 5.02. The van der Waals surface area contributed by atoms with Gasteiger partial charge in [0.15, 0.2) is 0 Å². The maximum absolute atomic E-state index is 11.7. The first kappa shape index (κ1) is 16.9. The van der Waals surface area contributed by atoms with E-state index in [1.165, 1.54) is 16.2 Å². The number of nitrogens with one attached hydrogen (secondary N) is 2. The second kappa shape index (κ2) is 8.22. The van der Waals surface area contributed by atoms with E-state index in [1.54, 1.807) is 18.7 Å². The van der Waals surface area contributed by atoms with Crippen LogP contribution in [0.4, 0.5) is 4.79 Å². The van der Waals surface area contributed by atoms with Gasteiger partial charge in [-0.25, -0.2) is 4.79 Å². The van der Waals surface area contributed by atoms with E-state index in [4.69, 9.17) is 0 Å². The number of rotatable bonds is 7. The Hall–Kier alpha value is -1.50. The van der Waals surface area contributed by atoms with Crippen LogP contribution in [-0.2, 0) is 5.60 Å². The minimum atomic E-state index is -1.04. The van der Waals surface area contributed by atoms with E-state index in [1.807, 2.05) is 47.8 Å². The van der Waals surface area contributed by atoms with E-state index in [9.17, 15) is 9.90 Å². The fraction of sp³-hybridized carbons (Fsp3) is 0.312. The van der Waals surface area contributed by atoms with Crippen molar-refractivity contribution in [3.8, 4) is 0 Å². The van der Waals surface area contributed by atoms with Crippen molar-refractivity contribution in [1.82, 2.24) is 10.6 Å². The molecule has 118 valence electrons. The number of benzene rings is 1. The molecule has 22 heavy (non-hydrogen) atoms. The van der Waals surface area contributed by atoms with Gasteiger partial charge in [-0.2, -0.15) is 0 Å². The van der Waals surface area contributed by atoms with E-state index in [2.05, 4.69) is 10.6 Å². The Bertz CT molecular complexity index is 571. The quantitative estimate of drug-likeness (QED) is 0.538. The van der Waals surface area contributed by atoms with Crippen molar-refractivity contribution in [1.29, 1.82) is 0 Å². The van der Waals surface area contributed by atoms with Crippen LogP contribution in [0, 0.1) is 0 Å². The summed E-state index contributed by atoms with van der Waals surface area (Å²) in [5, 5.41) is 17.7. The number of hydrogen-bond donors (Lipinski definition) is 3. The smallest absolute Gasteiger partial charge is 0.314 e. The average molecular weight is 336 g/mol. The van der Waals surface area contributed by atoms with Gasteiger partial charge in [-0.05, 0) is 30.5 Å². The summed E-state index contributed by atoms with van der Waals surface area (Å²) in [6.45, 7) is 2.46. The standard InChI is InChI=1S/C16H20N2O2S2/c1-16(20,14-8-5-10-22-14)12-18-15(19)17-9-11-21-13-6-3-2-4-7-13/h2-8,10,20H,9,11-12H2,1H3,(H2,17,18,19). The Labute approximate surface area is 138 Å². The highest BCUT2D eigenvalue weighted by molar-refractivity contribution is 7.99. The Morgan fingerprint density at radius 3 is 2.68 bits per heavy atom. The lowest BCUT2D eigenvalue weighted by molar-refractivity contribution is 0.0632. The number of thioether (sulfide) groups is 1. The van der Waals surface area contributed by atoms with Crippen molar-refractivity contribution in [2.75, 3.05) is 18.8 Å². The second-order valence-corrected chi connectivity index (χ2v) is 7.14. The SMILES string of the molecule is CC(O)(CNC(=O)NCCSc1ccccc1)c1cccs1. The number of carbonyl (C=O) groups excluding carboxylic acids is 1. The molecule has 2 aromatic rings. The molecule has 0 saturated carbocycles. The summed E-state index contributed by atoms with van der Waals surface area (Å²) >= 11 is 3.17. The molecule has 4 nitrogen and oxygen atoms in total. The largest absolute Gasteiger partial charge is 0.383 e. The summed E-state index contributed by atoms with van der Waals surface area (Å²) in [6.07, 6.45) is 0. The maximum Gasteiger partial charge on any atom is 0.314 e. The zero-order valence-electron chi connectivity index (χ0n) is 12.4. The summed E-state index contributed by atoms with van der Waals surface area (Å²) in [5.41, 5.74) is -1.04. The molecule has 0 bridgehead atoms. The molecule has 0 fully saturated rings. The van der Waals surface area contributed by atoms with Gasteiger partial charge < -0.3 is 15.7 Å². The van der Waals surface area contributed by atoms with Crippen LogP contribution >= 0.6 is 23.1 Å². The molecule has 0 saturated heterocycles. The molecule has 0 spiro atoms. The molecule has 2 amide bonds. The van der Waals surface area contributed by atoms with E-state index in [0.29, 0.717) is 6.54 Å². The first-order chi connectivity index (χ1) is 10.6. The molecule has 1 atom stereocenters. The fourth-order valence-electron chi connectivity index (χ4n) is 1.84. The van der Waals surface area contributed by atoms with Gasteiger partial charge in [0.2, 0.25) is 0 Å². The van der Waals surface area contributed by atoms with Crippen molar-refractivity contribution < 1.29 is 9.90 Å². The molecule has 1 aromatic carbocycles. The lowest BCUT2D eigenvalue weighted by Gasteiger charge is -2.22. The van der Waals surface area contributed by atoms with Crippen LogP contribution in [0.1, 0.15) is 11.8 Å². The van der Waals surface area contributed by atoms with E-state index in [0.717, 1.165) is 10.6 Å². The normalized spacial score (nSPS) is 13.4. The number of aliphatic hydroxyl groups is 1. The molecule has 1 heterocycles. The van der Waals surface area contributed by atoms with Crippen LogP contribution in [-0.4, -0.2) is 30.0 Å². The monoisotopic (exact) mass is 336 g/mol. The van der Waals surface area contributed by atoms with Crippen LogP contribution in [0.25, 0.3) is 0 Å². The molecule has 6 heteroatoms. The average Bonchev–Trinajstić information content (AvgIpc) is 3.06. The van der Waals surface area contributed by atoms with Crippen molar-refractivity contribution in [3.05, 3.63) is 52.7 Å². The van der Waals surface area contributed by atoms with Crippen LogP contribution in [0.3, 0.4) is 0 Å². The Morgan fingerprint density at radius 1 is 1.23 bits per heavy atom. The third-order valence-electron chi connectivity index (χ3n) is 3.04. The Kier molecular flexibility index (Phi) is 6.30. The molecule has 0 aliphatic rings. The van der Waals surface area contributed by atoms with E-state index < -0.39 is 5.60 Å². The van der Waals surface area contributed by atoms with Gasteiger partial charge in [-0.1, -0.05) is 24.3 Å². The Morgan fingerprint density at radius 2 is 2.00 bits per heavy atom. The molecule has 0 radical (unpaired) electrons. The Balaban J connectivity index is 1.64. The number of urea groups is 1. The fourth-order valence-corrected chi connectivity index (χ4v) is 3.41. The van der Waals surface area contributed by atoms with Gasteiger partial charge in [0, 0.05) is 22.1 Å².